The summed E-state index contributed by atoms with van der Waals surface area (Å²) < 4.78 is 85.2. The highest BCUT2D eigenvalue weighted by atomic mass is 19.4. The minimum atomic E-state index is -5.15. The number of carbonyl (C=O) groups is 4. The number of amides is 4. The third kappa shape index (κ3) is 7.45. The molecular weight excluding hydrogens is 578 g/mol. The molecule has 0 spiro atoms. The Labute approximate surface area is 246 Å². The Morgan fingerprint density at radius 1 is 0.791 bits per heavy atom. The van der Waals surface area contributed by atoms with Crippen molar-refractivity contribution < 1.29 is 45.5 Å². The van der Waals surface area contributed by atoms with E-state index < -0.39 is 87.2 Å². The first-order valence-corrected chi connectivity index (χ1v) is 13.6. The Hall–Kier alpha value is -3.70. The van der Waals surface area contributed by atoms with Crippen LogP contribution in [0.1, 0.15) is 84.4 Å². The van der Waals surface area contributed by atoms with Gasteiger partial charge in [0.2, 0.25) is 23.6 Å². The fourth-order valence-corrected chi connectivity index (χ4v) is 5.24. The molecule has 0 aliphatic carbocycles. The number of benzene rings is 2. The number of carbonyl (C=O) groups excluding carboxylic acids is 4. The maximum Gasteiger partial charge on any atom is 0.417 e. The number of imide groups is 2. The summed E-state index contributed by atoms with van der Waals surface area (Å²) in [4.78, 5) is 52.6. The first kappa shape index (κ1) is 33.8. The zero-order chi connectivity index (χ0) is 32.9. The van der Waals surface area contributed by atoms with Gasteiger partial charge in [-0.25, -0.2) is 0 Å². The summed E-state index contributed by atoms with van der Waals surface area (Å²) in [5.74, 6) is -3.71. The van der Waals surface area contributed by atoms with Crippen molar-refractivity contribution in [1.82, 2.24) is 4.90 Å². The molecule has 4 amide bonds. The largest absolute Gasteiger partial charge is 0.417 e. The molecular formula is C31H34F6N2O4. The molecule has 2 aromatic rings. The molecule has 1 aliphatic heterocycles. The monoisotopic (exact) mass is 612 g/mol. The fourth-order valence-electron chi connectivity index (χ4n) is 5.24. The van der Waals surface area contributed by atoms with Gasteiger partial charge in [0.1, 0.15) is 0 Å². The van der Waals surface area contributed by atoms with Crippen molar-refractivity contribution in [2.45, 2.75) is 91.0 Å². The van der Waals surface area contributed by atoms with E-state index in [1.54, 1.807) is 41.5 Å². The highest BCUT2D eigenvalue weighted by Gasteiger charge is 2.42. The second-order valence-electron chi connectivity index (χ2n) is 12.8. The second kappa shape index (κ2) is 11.4. The number of nitrogens with zero attached hydrogens (tertiary/aromatic N) is 2. The number of halogens is 6. The molecule has 12 heteroatoms. The molecule has 1 heterocycles. The van der Waals surface area contributed by atoms with Crippen LogP contribution in [0, 0.1) is 5.92 Å². The molecule has 2 aromatic carbocycles. The molecule has 0 saturated carbocycles. The number of hydrogen-bond donors (Lipinski definition) is 0. The van der Waals surface area contributed by atoms with Gasteiger partial charge in [0, 0.05) is 31.7 Å². The summed E-state index contributed by atoms with van der Waals surface area (Å²) in [5.41, 5.74) is -5.94. The SMILES string of the molecule is CC(=O)N(C(=O)CC1CC(=O)N(C(C)(C)C)C(=O)C1)c1ccc(-c2ccc(C(C)(C)C)cc2C(F)(F)F)c(C(F)(F)F)c1. The van der Waals surface area contributed by atoms with Crippen LogP contribution in [-0.2, 0) is 36.9 Å². The highest BCUT2D eigenvalue weighted by Crippen LogP contribution is 2.45. The first-order chi connectivity index (χ1) is 19.4. The molecule has 0 radical (unpaired) electrons. The zero-order valence-corrected chi connectivity index (χ0v) is 25.0. The zero-order valence-electron chi connectivity index (χ0n) is 25.0. The predicted octanol–water partition coefficient (Wildman–Crippen LogP) is 7.52. The minimum absolute atomic E-state index is 0.183. The maximum absolute atomic E-state index is 14.3. The lowest BCUT2D eigenvalue weighted by molar-refractivity contribution is -0.156. The lowest BCUT2D eigenvalue weighted by atomic mass is 9.83. The van der Waals surface area contributed by atoms with Crippen molar-refractivity contribution in [2.75, 3.05) is 4.90 Å². The first-order valence-electron chi connectivity index (χ1n) is 13.6. The van der Waals surface area contributed by atoms with E-state index in [-0.39, 0.29) is 18.4 Å². The van der Waals surface area contributed by atoms with Gasteiger partial charge in [-0.15, -0.1) is 0 Å². The van der Waals surface area contributed by atoms with Crippen LogP contribution in [0.25, 0.3) is 11.1 Å². The van der Waals surface area contributed by atoms with Gasteiger partial charge in [0.15, 0.2) is 0 Å². The summed E-state index contributed by atoms with van der Waals surface area (Å²) in [6.45, 7) is 11.0. The molecule has 0 bridgehead atoms. The van der Waals surface area contributed by atoms with E-state index in [2.05, 4.69) is 0 Å². The molecule has 1 fully saturated rings. The Morgan fingerprint density at radius 3 is 1.67 bits per heavy atom. The molecule has 0 unspecified atom stereocenters. The topological polar surface area (TPSA) is 74.8 Å². The molecule has 0 aromatic heterocycles. The van der Waals surface area contributed by atoms with Gasteiger partial charge in [-0.05, 0) is 67.0 Å². The quantitative estimate of drug-likeness (QED) is 0.265. The van der Waals surface area contributed by atoms with Crippen LogP contribution in [0.15, 0.2) is 36.4 Å². The average Bonchev–Trinajstić information content (AvgIpc) is 2.80. The van der Waals surface area contributed by atoms with Gasteiger partial charge in [-0.2, -0.15) is 26.3 Å². The Balaban J connectivity index is 2.05. The molecule has 0 atom stereocenters. The molecule has 1 saturated heterocycles. The van der Waals surface area contributed by atoms with E-state index in [1.807, 2.05) is 0 Å². The normalized spacial score (nSPS) is 15.6. The smallest absolute Gasteiger partial charge is 0.277 e. The number of likely N-dealkylation sites (tertiary alicyclic amines) is 1. The molecule has 6 nitrogen and oxygen atoms in total. The van der Waals surface area contributed by atoms with Crippen LogP contribution >= 0.6 is 0 Å². The van der Waals surface area contributed by atoms with Crippen LogP contribution in [-0.4, -0.2) is 34.1 Å². The highest BCUT2D eigenvalue weighted by molar-refractivity contribution is 6.14. The van der Waals surface area contributed by atoms with E-state index in [9.17, 15) is 45.5 Å². The predicted molar refractivity (Wildman–Crippen MR) is 148 cm³/mol. The van der Waals surface area contributed by atoms with Crippen molar-refractivity contribution >= 4 is 29.3 Å². The van der Waals surface area contributed by atoms with Crippen LogP contribution in [0.2, 0.25) is 0 Å². The third-order valence-corrected chi connectivity index (χ3v) is 7.17. The Kier molecular flexibility index (Phi) is 8.98. The summed E-state index contributed by atoms with van der Waals surface area (Å²) in [6.07, 6.45) is -11.0. The van der Waals surface area contributed by atoms with Crippen LogP contribution in [0.3, 0.4) is 0 Å². The van der Waals surface area contributed by atoms with E-state index in [0.29, 0.717) is 11.0 Å². The Morgan fingerprint density at radius 2 is 1.26 bits per heavy atom. The van der Waals surface area contributed by atoms with Crippen LogP contribution in [0.4, 0.5) is 32.0 Å². The molecule has 3 rings (SSSR count). The lowest BCUT2D eigenvalue weighted by Crippen LogP contribution is -2.53. The number of piperidine rings is 1. The lowest BCUT2D eigenvalue weighted by Gasteiger charge is -2.39. The van der Waals surface area contributed by atoms with Gasteiger partial charge >= 0.3 is 12.4 Å². The van der Waals surface area contributed by atoms with Crippen LogP contribution < -0.4 is 4.90 Å². The van der Waals surface area contributed by atoms with Crippen molar-refractivity contribution in [1.29, 1.82) is 0 Å². The van der Waals surface area contributed by atoms with Gasteiger partial charge < -0.3 is 0 Å². The number of rotatable bonds is 4. The molecule has 1 aliphatic rings. The molecule has 234 valence electrons. The van der Waals surface area contributed by atoms with E-state index in [1.165, 1.54) is 6.07 Å². The minimum Gasteiger partial charge on any atom is -0.277 e. The van der Waals surface area contributed by atoms with Crippen molar-refractivity contribution in [3.05, 3.63) is 53.1 Å². The Bertz CT molecular complexity index is 1430. The van der Waals surface area contributed by atoms with Crippen molar-refractivity contribution in [3.63, 3.8) is 0 Å². The standard InChI is InChI=1S/C31H34F6N2O4/c1-17(40)38(25(41)12-18-13-26(42)39(27(43)14-18)29(5,6)7)20-9-11-22(24(16-20)31(35,36)37)21-10-8-19(28(2,3)4)15-23(21)30(32,33)34/h8-11,15-16,18H,12-14H2,1-7H3. The fraction of sp³-hybridized carbons (Fsp3) is 0.484. The van der Waals surface area contributed by atoms with Crippen molar-refractivity contribution in [3.8, 4) is 11.1 Å². The van der Waals surface area contributed by atoms with E-state index in [4.69, 9.17) is 0 Å². The summed E-state index contributed by atoms with van der Waals surface area (Å²) in [6, 6.07) is 5.38. The number of anilines is 1. The number of hydrogen-bond acceptors (Lipinski definition) is 4. The van der Waals surface area contributed by atoms with Crippen molar-refractivity contribution in [2.24, 2.45) is 5.92 Å². The average molecular weight is 613 g/mol. The van der Waals surface area contributed by atoms with E-state index >= 15 is 0 Å². The summed E-state index contributed by atoms with van der Waals surface area (Å²) in [7, 11) is 0. The van der Waals surface area contributed by atoms with Gasteiger partial charge in [0.25, 0.3) is 0 Å². The van der Waals surface area contributed by atoms with E-state index in [0.717, 1.165) is 36.1 Å². The molecule has 43 heavy (non-hydrogen) atoms. The summed E-state index contributed by atoms with van der Waals surface area (Å²) in [5, 5.41) is 0. The second-order valence-corrected chi connectivity index (χ2v) is 12.8. The third-order valence-electron chi connectivity index (χ3n) is 7.17. The van der Waals surface area contributed by atoms with Gasteiger partial charge in [0.05, 0.1) is 16.8 Å². The number of alkyl halides is 6. The van der Waals surface area contributed by atoms with Gasteiger partial charge in [-0.1, -0.05) is 39.0 Å². The van der Waals surface area contributed by atoms with Gasteiger partial charge in [-0.3, -0.25) is 29.0 Å². The summed E-state index contributed by atoms with van der Waals surface area (Å²) >= 11 is 0. The molecule has 0 N–H and O–H groups in total. The van der Waals surface area contributed by atoms with Crippen LogP contribution in [0.5, 0.6) is 0 Å². The maximum atomic E-state index is 14.3.